The van der Waals surface area contributed by atoms with Gasteiger partial charge in [-0.25, -0.2) is 13.3 Å². The van der Waals surface area contributed by atoms with Crippen LogP contribution in [0.3, 0.4) is 0 Å². The summed E-state index contributed by atoms with van der Waals surface area (Å²) in [4.78, 5) is 5.25. The maximum absolute atomic E-state index is 14.4. The van der Waals surface area contributed by atoms with Crippen LogP contribution in [0.5, 0.6) is 5.75 Å². The monoisotopic (exact) mass is 399 g/mol. The Balaban J connectivity index is 1.99. The number of likely N-dealkylation sites (tertiary alicyclic amines) is 1. The second kappa shape index (κ2) is 7.76. The van der Waals surface area contributed by atoms with Gasteiger partial charge in [-0.3, -0.25) is 4.99 Å². The first-order chi connectivity index (χ1) is 13.8. The Bertz CT molecular complexity index is 1070. The fourth-order valence-corrected chi connectivity index (χ4v) is 3.37. The SMILES string of the molecule is COc1cc(/C(=C/N)C(C)=NC2CCN(C#N)CC2(F)F)cn2ncc(C#N)c12. The van der Waals surface area contributed by atoms with Crippen LogP contribution in [-0.2, 0) is 0 Å². The van der Waals surface area contributed by atoms with E-state index in [2.05, 4.69) is 10.1 Å². The number of alkyl halides is 2. The number of nitriles is 2. The van der Waals surface area contributed by atoms with Crippen molar-refractivity contribution in [2.24, 2.45) is 10.7 Å². The number of nitrogens with zero attached hydrogens (tertiary/aromatic N) is 6. The number of piperidine rings is 1. The van der Waals surface area contributed by atoms with Gasteiger partial charge in [-0.15, -0.1) is 0 Å². The number of aromatic nitrogens is 2. The molecule has 2 aromatic heterocycles. The molecule has 1 fully saturated rings. The number of halogens is 2. The highest BCUT2D eigenvalue weighted by Crippen LogP contribution is 2.32. The molecule has 1 atom stereocenters. The molecular formula is C19H19F2N7O. The van der Waals surface area contributed by atoms with Gasteiger partial charge in [0.15, 0.2) is 6.19 Å². The number of aliphatic imine (C=N–C) groups is 1. The lowest BCUT2D eigenvalue weighted by Crippen LogP contribution is -2.49. The van der Waals surface area contributed by atoms with E-state index in [0.717, 1.165) is 4.90 Å². The normalized spacial score (nSPS) is 19.7. The zero-order chi connectivity index (χ0) is 21.2. The van der Waals surface area contributed by atoms with Gasteiger partial charge < -0.3 is 15.4 Å². The van der Waals surface area contributed by atoms with Crippen molar-refractivity contribution >= 4 is 16.8 Å². The van der Waals surface area contributed by atoms with E-state index >= 15 is 0 Å². The van der Waals surface area contributed by atoms with E-state index in [-0.39, 0.29) is 13.0 Å². The summed E-state index contributed by atoms with van der Waals surface area (Å²) < 4.78 is 35.6. The molecule has 1 unspecified atom stereocenters. The maximum atomic E-state index is 14.4. The predicted molar refractivity (Wildman–Crippen MR) is 102 cm³/mol. The molecule has 29 heavy (non-hydrogen) atoms. The van der Waals surface area contributed by atoms with Crippen molar-refractivity contribution in [2.45, 2.75) is 25.3 Å². The number of ether oxygens (including phenoxy) is 1. The molecule has 2 aromatic rings. The topological polar surface area (TPSA) is 116 Å². The number of fused-ring (bicyclic) bond motifs is 1. The lowest BCUT2D eigenvalue weighted by molar-refractivity contribution is -0.0656. The van der Waals surface area contributed by atoms with Gasteiger partial charge in [0.2, 0.25) is 0 Å². The van der Waals surface area contributed by atoms with Gasteiger partial charge in [-0.1, -0.05) is 0 Å². The van der Waals surface area contributed by atoms with Crippen LogP contribution in [0, 0.1) is 22.8 Å². The molecule has 10 heteroatoms. The largest absolute Gasteiger partial charge is 0.494 e. The molecule has 0 saturated carbocycles. The molecule has 0 amide bonds. The highest BCUT2D eigenvalue weighted by molar-refractivity contribution is 6.22. The van der Waals surface area contributed by atoms with Crippen molar-refractivity contribution < 1.29 is 13.5 Å². The number of rotatable bonds is 4. The Morgan fingerprint density at radius 2 is 2.24 bits per heavy atom. The summed E-state index contributed by atoms with van der Waals surface area (Å²) in [6.45, 7) is 1.17. The Morgan fingerprint density at radius 1 is 1.48 bits per heavy atom. The molecule has 150 valence electrons. The number of hydrogen-bond acceptors (Lipinski definition) is 7. The highest BCUT2D eigenvalue weighted by Gasteiger charge is 2.44. The van der Waals surface area contributed by atoms with Crippen LogP contribution in [-0.4, -0.2) is 52.4 Å². The third-order valence-electron chi connectivity index (χ3n) is 4.84. The van der Waals surface area contributed by atoms with Crippen molar-refractivity contribution in [2.75, 3.05) is 20.2 Å². The Hall–Kier alpha value is -3.66. The first-order valence-corrected chi connectivity index (χ1v) is 8.79. The fraction of sp³-hybridized carbons (Fsp3) is 0.368. The molecular weight excluding hydrogens is 380 g/mol. The van der Waals surface area contributed by atoms with Crippen molar-refractivity contribution in [3.8, 4) is 18.0 Å². The van der Waals surface area contributed by atoms with E-state index in [1.165, 1.54) is 24.0 Å². The first kappa shape index (κ1) is 20.1. The van der Waals surface area contributed by atoms with Gasteiger partial charge in [0, 0.05) is 35.8 Å². The Morgan fingerprint density at radius 3 is 2.83 bits per heavy atom. The summed E-state index contributed by atoms with van der Waals surface area (Å²) in [6.07, 6.45) is 6.15. The van der Waals surface area contributed by atoms with E-state index in [9.17, 15) is 14.0 Å². The molecule has 2 N–H and O–H groups in total. The molecule has 0 aromatic carbocycles. The molecule has 0 aliphatic carbocycles. The average Bonchev–Trinajstić information content (AvgIpc) is 3.12. The standard InChI is InChI=1S/C19H19F2N7O/c1-12(26-17-3-4-27(11-24)10-19(17,20)21)15(7-23)13-5-16(29-2)18-14(6-22)8-25-28(18)9-13/h5,7-9,17H,3-4,10,23H2,1-2H3/b15-7+,26-12?. The second-order valence-corrected chi connectivity index (χ2v) is 6.64. The Labute approximate surface area is 166 Å². The number of allylic oxidation sites excluding steroid dienone is 1. The van der Waals surface area contributed by atoms with E-state index in [0.29, 0.717) is 33.7 Å². The highest BCUT2D eigenvalue weighted by atomic mass is 19.3. The molecule has 3 rings (SSSR count). The van der Waals surface area contributed by atoms with Gasteiger partial charge in [0.1, 0.15) is 28.9 Å². The third-order valence-corrected chi connectivity index (χ3v) is 4.84. The van der Waals surface area contributed by atoms with Crippen LogP contribution in [0.4, 0.5) is 8.78 Å². The number of pyridine rings is 1. The molecule has 8 nitrogen and oxygen atoms in total. The lowest BCUT2D eigenvalue weighted by Gasteiger charge is -2.33. The third kappa shape index (κ3) is 3.69. The molecule has 3 heterocycles. The van der Waals surface area contributed by atoms with Crippen LogP contribution < -0.4 is 10.5 Å². The van der Waals surface area contributed by atoms with Crippen LogP contribution in [0.25, 0.3) is 11.1 Å². The maximum Gasteiger partial charge on any atom is 0.287 e. The van der Waals surface area contributed by atoms with Gasteiger partial charge in [-0.2, -0.15) is 15.6 Å². The zero-order valence-electron chi connectivity index (χ0n) is 15.9. The van der Waals surface area contributed by atoms with Gasteiger partial charge in [0.05, 0.1) is 19.9 Å². The average molecular weight is 399 g/mol. The predicted octanol–water partition coefficient (Wildman–Crippen LogP) is 2.17. The molecule has 1 aliphatic rings. The van der Waals surface area contributed by atoms with Crippen LogP contribution >= 0.6 is 0 Å². The molecule has 0 bridgehead atoms. The van der Waals surface area contributed by atoms with Gasteiger partial charge in [0.25, 0.3) is 5.92 Å². The summed E-state index contributed by atoms with van der Waals surface area (Å²) in [7, 11) is 1.46. The quantitative estimate of drug-likeness (QED) is 0.622. The van der Waals surface area contributed by atoms with Gasteiger partial charge >= 0.3 is 0 Å². The van der Waals surface area contributed by atoms with Crippen LogP contribution in [0.2, 0.25) is 0 Å². The minimum absolute atomic E-state index is 0.0583. The first-order valence-electron chi connectivity index (χ1n) is 8.79. The fourth-order valence-electron chi connectivity index (χ4n) is 3.37. The smallest absolute Gasteiger partial charge is 0.287 e. The van der Waals surface area contributed by atoms with E-state index < -0.39 is 18.5 Å². The summed E-state index contributed by atoms with van der Waals surface area (Å²) in [5.74, 6) is -2.73. The molecule has 0 spiro atoms. The Kier molecular flexibility index (Phi) is 5.37. The molecule has 1 saturated heterocycles. The van der Waals surface area contributed by atoms with Crippen molar-refractivity contribution in [3.05, 3.63) is 35.8 Å². The van der Waals surface area contributed by atoms with E-state index in [4.69, 9.17) is 15.7 Å². The number of methoxy groups -OCH3 is 1. The van der Waals surface area contributed by atoms with Crippen molar-refractivity contribution in [3.63, 3.8) is 0 Å². The molecule has 1 aliphatic heterocycles. The van der Waals surface area contributed by atoms with E-state index in [1.807, 2.05) is 6.07 Å². The lowest BCUT2D eigenvalue weighted by atomic mass is 9.99. The van der Waals surface area contributed by atoms with Crippen LogP contribution in [0.15, 0.2) is 29.7 Å². The number of nitrogens with two attached hydrogens (primary N) is 1. The summed E-state index contributed by atoms with van der Waals surface area (Å²) in [5.41, 5.74) is 7.96. The minimum atomic E-state index is -3.12. The van der Waals surface area contributed by atoms with Crippen LogP contribution in [0.1, 0.15) is 24.5 Å². The van der Waals surface area contributed by atoms with Gasteiger partial charge in [-0.05, 0) is 19.4 Å². The molecule has 0 radical (unpaired) electrons. The summed E-state index contributed by atoms with van der Waals surface area (Å²) in [6, 6.07) is 2.46. The number of hydrogen-bond donors (Lipinski definition) is 1. The summed E-state index contributed by atoms with van der Waals surface area (Å²) in [5, 5.41) is 22.2. The minimum Gasteiger partial charge on any atom is -0.494 e. The second-order valence-electron chi connectivity index (χ2n) is 6.64. The summed E-state index contributed by atoms with van der Waals surface area (Å²) >= 11 is 0. The zero-order valence-corrected chi connectivity index (χ0v) is 15.9. The van der Waals surface area contributed by atoms with Crippen molar-refractivity contribution in [1.29, 1.82) is 10.5 Å². The van der Waals surface area contributed by atoms with E-state index in [1.54, 1.807) is 25.4 Å². The van der Waals surface area contributed by atoms with Crippen molar-refractivity contribution in [1.82, 2.24) is 14.5 Å².